The van der Waals surface area contributed by atoms with Crippen molar-refractivity contribution in [2.24, 2.45) is 5.92 Å². The molecule has 0 unspecified atom stereocenters. The van der Waals surface area contributed by atoms with Gasteiger partial charge in [0.1, 0.15) is 0 Å². The molecule has 1 aromatic carbocycles. The predicted molar refractivity (Wildman–Crippen MR) is 75.8 cm³/mol. The highest BCUT2D eigenvalue weighted by molar-refractivity contribution is 7.98. The van der Waals surface area contributed by atoms with Crippen molar-refractivity contribution in [3.05, 3.63) is 40.7 Å². The molecule has 0 aliphatic rings. The molecule has 6 heteroatoms. The number of hydrogen-bond acceptors (Lipinski definition) is 4. The third-order valence-corrected chi connectivity index (χ3v) is 3.96. The van der Waals surface area contributed by atoms with Crippen molar-refractivity contribution in [2.45, 2.75) is 30.9 Å². The minimum atomic E-state index is 0.0392. The molecule has 4 nitrogen and oxygen atoms in total. The van der Waals surface area contributed by atoms with Crippen molar-refractivity contribution in [1.82, 2.24) is 10.2 Å². The Morgan fingerprint density at radius 1 is 1.26 bits per heavy atom. The van der Waals surface area contributed by atoms with Crippen LogP contribution in [0.25, 0.3) is 0 Å². The fourth-order valence-corrected chi connectivity index (χ4v) is 2.29. The number of quaternary nitrogens is 1. The summed E-state index contributed by atoms with van der Waals surface area (Å²) in [6.07, 6.45) is 0. The Morgan fingerprint density at radius 2 is 1.95 bits per heavy atom. The second kappa shape index (κ2) is 6.41. The SMILES string of the molecule is CC(C)[C@H]([NH3+])c1nnc(SCc2ccc(Cl)cc2)o1. The number of nitrogens with zero attached hydrogens (tertiary/aromatic N) is 2. The Balaban J connectivity index is 1.95. The van der Waals surface area contributed by atoms with E-state index in [1.165, 1.54) is 17.3 Å². The summed E-state index contributed by atoms with van der Waals surface area (Å²) in [5, 5.41) is 9.40. The van der Waals surface area contributed by atoms with Gasteiger partial charge in [0.25, 0.3) is 11.1 Å². The van der Waals surface area contributed by atoms with E-state index in [2.05, 4.69) is 29.8 Å². The van der Waals surface area contributed by atoms with Gasteiger partial charge in [-0.2, -0.15) is 0 Å². The van der Waals surface area contributed by atoms with E-state index in [0.717, 1.165) is 10.8 Å². The van der Waals surface area contributed by atoms with Crippen LogP contribution >= 0.6 is 23.4 Å². The van der Waals surface area contributed by atoms with E-state index >= 15 is 0 Å². The Morgan fingerprint density at radius 3 is 2.58 bits per heavy atom. The number of rotatable bonds is 5. The zero-order valence-corrected chi connectivity index (χ0v) is 12.5. The molecule has 1 atom stereocenters. The third kappa shape index (κ3) is 3.96. The molecule has 19 heavy (non-hydrogen) atoms. The van der Waals surface area contributed by atoms with Crippen molar-refractivity contribution in [2.75, 3.05) is 0 Å². The first-order chi connectivity index (χ1) is 9.06. The summed E-state index contributed by atoms with van der Waals surface area (Å²) in [6, 6.07) is 7.77. The van der Waals surface area contributed by atoms with Gasteiger partial charge in [-0.1, -0.05) is 49.3 Å². The molecule has 0 saturated heterocycles. The van der Waals surface area contributed by atoms with E-state index in [-0.39, 0.29) is 6.04 Å². The first-order valence-corrected chi connectivity index (χ1v) is 7.46. The molecule has 0 spiro atoms. The lowest BCUT2D eigenvalue weighted by atomic mass is 10.1. The molecule has 0 fully saturated rings. The van der Waals surface area contributed by atoms with Gasteiger partial charge in [-0.3, -0.25) is 0 Å². The topological polar surface area (TPSA) is 66.6 Å². The van der Waals surface area contributed by atoms with Gasteiger partial charge in [0.05, 0.1) is 0 Å². The largest absolute Gasteiger partial charge is 0.410 e. The molecule has 0 amide bonds. The normalized spacial score (nSPS) is 12.9. The van der Waals surface area contributed by atoms with E-state index in [0.29, 0.717) is 17.0 Å². The maximum atomic E-state index is 5.84. The number of halogens is 1. The van der Waals surface area contributed by atoms with Crippen LogP contribution in [0.5, 0.6) is 0 Å². The summed E-state index contributed by atoms with van der Waals surface area (Å²) in [5.41, 5.74) is 5.20. The molecule has 2 rings (SSSR count). The highest BCUT2D eigenvalue weighted by Gasteiger charge is 2.21. The summed E-state index contributed by atoms with van der Waals surface area (Å²) in [6.45, 7) is 4.17. The highest BCUT2D eigenvalue weighted by Crippen LogP contribution is 2.24. The molecule has 0 saturated carbocycles. The molecule has 3 N–H and O–H groups in total. The van der Waals surface area contributed by atoms with Crippen LogP contribution in [-0.4, -0.2) is 10.2 Å². The smallest absolute Gasteiger partial charge is 0.277 e. The summed E-state index contributed by atoms with van der Waals surface area (Å²) in [7, 11) is 0. The molecule has 1 heterocycles. The van der Waals surface area contributed by atoms with Crippen LogP contribution in [0.3, 0.4) is 0 Å². The number of hydrogen-bond donors (Lipinski definition) is 1. The van der Waals surface area contributed by atoms with E-state index < -0.39 is 0 Å². The van der Waals surface area contributed by atoms with Crippen molar-refractivity contribution in [3.63, 3.8) is 0 Å². The molecule has 0 aliphatic heterocycles. The van der Waals surface area contributed by atoms with E-state index in [4.69, 9.17) is 16.0 Å². The van der Waals surface area contributed by atoms with Crippen LogP contribution in [0.15, 0.2) is 33.9 Å². The molecule has 2 aromatic rings. The average molecular weight is 299 g/mol. The van der Waals surface area contributed by atoms with Crippen molar-refractivity contribution >= 4 is 23.4 Å². The van der Waals surface area contributed by atoms with Crippen molar-refractivity contribution < 1.29 is 10.2 Å². The quantitative estimate of drug-likeness (QED) is 0.862. The van der Waals surface area contributed by atoms with Crippen LogP contribution < -0.4 is 5.73 Å². The first kappa shape index (κ1) is 14.4. The maximum Gasteiger partial charge on any atom is 0.277 e. The van der Waals surface area contributed by atoms with Crippen LogP contribution in [0, 0.1) is 5.92 Å². The average Bonchev–Trinajstić information content (AvgIpc) is 2.86. The molecule has 102 valence electrons. The van der Waals surface area contributed by atoms with Gasteiger partial charge in [0.15, 0.2) is 6.04 Å². The zero-order chi connectivity index (χ0) is 13.8. The van der Waals surface area contributed by atoms with Crippen molar-refractivity contribution in [3.8, 4) is 0 Å². The first-order valence-electron chi connectivity index (χ1n) is 6.10. The van der Waals surface area contributed by atoms with Gasteiger partial charge in [0, 0.05) is 16.7 Å². The Labute approximate surface area is 121 Å². The lowest BCUT2D eigenvalue weighted by Gasteiger charge is -2.05. The summed E-state index contributed by atoms with van der Waals surface area (Å²) in [5.74, 6) is 1.77. The fourth-order valence-electron chi connectivity index (χ4n) is 1.44. The van der Waals surface area contributed by atoms with Crippen LogP contribution in [-0.2, 0) is 5.75 Å². The molecular weight excluding hydrogens is 282 g/mol. The summed E-state index contributed by atoms with van der Waals surface area (Å²) in [4.78, 5) is 0. The van der Waals surface area contributed by atoms with E-state index in [1.54, 1.807) is 0 Å². The Kier molecular flexibility index (Phi) is 4.85. The van der Waals surface area contributed by atoms with E-state index in [9.17, 15) is 0 Å². The fraction of sp³-hybridized carbons (Fsp3) is 0.385. The maximum absolute atomic E-state index is 5.84. The van der Waals surface area contributed by atoms with Gasteiger partial charge < -0.3 is 10.2 Å². The highest BCUT2D eigenvalue weighted by atomic mass is 35.5. The lowest BCUT2D eigenvalue weighted by Crippen LogP contribution is -2.56. The van der Waals surface area contributed by atoms with Gasteiger partial charge in [0.2, 0.25) is 0 Å². The second-order valence-electron chi connectivity index (χ2n) is 4.67. The molecule has 0 aliphatic carbocycles. The number of thioether (sulfide) groups is 1. The second-order valence-corrected chi connectivity index (χ2v) is 6.03. The molecule has 1 aromatic heterocycles. The standard InChI is InChI=1S/C13H16ClN3OS/c1-8(2)11(15)12-16-17-13(18-12)19-7-9-3-5-10(14)6-4-9/h3-6,8,11H,7,15H2,1-2H3/p+1/t11-/m0/s1. The Hall–Kier alpha value is -1.04. The minimum Gasteiger partial charge on any atom is -0.410 e. The van der Waals surface area contributed by atoms with Gasteiger partial charge >= 0.3 is 0 Å². The predicted octanol–water partition coefficient (Wildman–Crippen LogP) is 2.95. The number of benzene rings is 1. The molecular formula is C13H17ClN3OS+. The number of aromatic nitrogens is 2. The molecule has 0 bridgehead atoms. The zero-order valence-electron chi connectivity index (χ0n) is 11.0. The van der Waals surface area contributed by atoms with Gasteiger partial charge in [-0.05, 0) is 17.7 Å². The summed E-state index contributed by atoms with van der Waals surface area (Å²) < 4.78 is 5.60. The molecule has 0 radical (unpaired) electrons. The lowest BCUT2D eigenvalue weighted by molar-refractivity contribution is -0.443. The van der Waals surface area contributed by atoms with Crippen LogP contribution in [0.2, 0.25) is 5.02 Å². The summed E-state index contributed by atoms with van der Waals surface area (Å²) >= 11 is 7.36. The van der Waals surface area contributed by atoms with Gasteiger partial charge in [-0.15, -0.1) is 10.2 Å². The third-order valence-electron chi connectivity index (χ3n) is 2.82. The minimum absolute atomic E-state index is 0.0392. The van der Waals surface area contributed by atoms with Crippen LogP contribution in [0.1, 0.15) is 31.3 Å². The Bertz CT molecular complexity index is 527. The van der Waals surface area contributed by atoms with Gasteiger partial charge in [-0.25, -0.2) is 0 Å². The monoisotopic (exact) mass is 298 g/mol. The van der Waals surface area contributed by atoms with Crippen molar-refractivity contribution in [1.29, 1.82) is 0 Å². The van der Waals surface area contributed by atoms with E-state index in [1.807, 2.05) is 24.3 Å². The van der Waals surface area contributed by atoms with Crippen LogP contribution in [0.4, 0.5) is 0 Å².